The number of carbonyl (C=O) groups is 3. The predicted octanol–water partition coefficient (Wildman–Crippen LogP) is 2.48. The Hall–Kier alpha value is -3.89. The highest BCUT2D eigenvalue weighted by Gasteiger charge is 2.38. The molecule has 164 valence electrons. The van der Waals surface area contributed by atoms with Crippen LogP contribution in [0.4, 0.5) is 13.2 Å². The summed E-state index contributed by atoms with van der Waals surface area (Å²) < 4.78 is 37.3. The van der Waals surface area contributed by atoms with Crippen molar-refractivity contribution in [3.8, 4) is 11.6 Å². The molecule has 31 heavy (non-hydrogen) atoms. The molecule has 8 nitrogen and oxygen atoms in total. The lowest BCUT2D eigenvalue weighted by atomic mass is 10.2. The van der Waals surface area contributed by atoms with E-state index in [2.05, 4.69) is 10.3 Å². The van der Waals surface area contributed by atoms with Crippen LogP contribution in [0.25, 0.3) is 6.08 Å². The molecule has 0 unspecified atom stereocenters. The van der Waals surface area contributed by atoms with E-state index in [0.29, 0.717) is 24.7 Å². The lowest BCUT2D eigenvalue weighted by Crippen LogP contribution is -2.49. The van der Waals surface area contributed by atoms with Crippen molar-refractivity contribution in [2.75, 3.05) is 19.6 Å². The van der Waals surface area contributed by atoms with Crippen LogP contribution < -0.4 is 10.1 Å². The molecule has 1 aromatic carbocycles. The van der Waals surface area contributed by atoms with Gasteiger partial charge in [-0.05, 0) is 29.8 Å². The van der Waals surface area contributed by atoms with Gasteiger partial charge < -0.3 is 20.1 Å². The lowest BCUT2D eigenvalue weighted by molar-refractivity contribution is -0.192. The molecule has 2 amide bonds. The maximum atomic E-state index is 12.0. The summed E-state index contributed by atoms with van der Waals surface area (Å²) in [6, 6.07) is 12.9. The minimum atomic E-state index is -5.08. The molecule has 0 aliphatic carbocycles. The van der Waals surface area contributed by atoms with E-state index in [0.717, 1.165) is 5.56 Å². The first-order valence-electron chi connectivity index (χ1n) is 8.88. The molecule has 1 fully saturated rings. The van der Waals surface area contributed by atoms with Crippen LogP contribution in [0.2, 0.25) is 0 Å². The second kappa shape index (κ2) is 10.8. The summed E-state index contributed by atoms with van der Waals surface area (Å²) in [7, 11) is 0. The average Bonchev–Trinajstić information content (AvgIpc) is 2.73. The molecule has 0 saturated carbocycles. The van der Waals surface area contributed by atoms with Crippen LogP contribution in [0.15, 0.2) is 54.7 Å². The number of nitrogens with zero attached hydrogens (tertiary/aromatic N) is 2. The smallest absolute Gasteiger partial charge is 0.475 e. The Morgan fingerprint density at radius 2 is 1.84 bits per heavy atom. The van der Waals surface area contributed by atoms with Crippen molar-refractivity contribution in [3.63, 3.8) is 0 Å². The van der Waals surface area contributed by atoms with E-state index in [1.54, 1.807) is 18.3 Å². The number of aromatic nitrogens is 1. The third-order valence-electron chi connectivity index (χ3n) is 3.74. The molecule has 1 aliphatic rings. The fraction of sp³-hybridized carbons (Fsp3) is 0.200. The third kappa shape index (κ3) is 8.17. The monoisotopic (exact) mass is 437 g/mol. The molecule has 1 saturated heterocycles. The Bertz CT molecular complexity index is 931. The van der Waals surface area contributed by atoms with Crippen molar-refractivity contribution in [3.05, 3.63) is 60.3 Å². The largest absolute Gasteiger partial charge is 0.490 e. The first-order chi connectivity index (χ1) is 14.6. The van der Waals surface area contributed by atoms with E-state index in [4.69, 9.17) is 14.6 Å². The van der Waals surface area contributed by atoms with E-state index in [-0.39, 0.29) is 18.4 Å². The zero-order valence-electron chi connectivity index (χ0n) is 16.0. The van der Waals surface area contributed by atoms with Crippen LogP contribution in [0.3, 0.4) is 0 Å². The SMILES string of the molecule is O=C(O)C(F)(F)F.O=C1CN(C(=O)C=Cc2ccc(Oc3ccccc3)nc2)CCN1. The summed E-state index contributed by atoms with van der Waals surface area (Å²) >= 11 is 0. The lowest BCUT2D eigenvalue weighted by Gasteiger charge is -2.25. The number of piperazine rings is 1. The van der Waals surface area contributed by atoms with Gasteiger partial charge in [-0.15, -0.1) is 0 Å². The molecule has 2 heterocycles. The minimum Gasteiger partial charge on any atom is -0.475 e. The van der Waals surface area contributed by atoms with Crippen LogP contribution in [0.5, 0.6) is 11.6 Å². The number of hydrogen-bond acceptors (Lipinski definition) is 5. The molecule has 0 atom stereocenters. The van der Waals surface area contributed by atoms with Crippen LogP contribution >= 0.6 is 0 Å². The third-order valence-corrected chi connectivity index (χ3v) is 3.74. The Labute approximate surface area is 175 Å². The van der Waals surface area contributed by atoms with Gasteiger partial charge in [-0.1, -0.05) is 18.2 Å². The van der Waals surface area contributed by atoms with E-state index in [1.807, 2.05) is 36.4 Å². The predicted molar refractivity (Wildman–Crippen MR) is 103 cm³/mol. The highest BCUT2D eigenvalue weighted by molar-refractivity contribution is 5.94. The molecule has 2 N–H and O–H groups in total. The van der Waals surface area contributed by atoms with Crippen LogP contribution in [0, 0.1) is 0 Å². The summed E-state index contributed by atoms with van der Waals surface area (Å²) in [4.78, 5) is 37.9. The molecule has 0 bridgehead atoms. The molecule has 0 spiro atoms. The van der Waals surface area contributed by atoms with Gasteiger partial charge >= 0.3 is 12.1 Å². The number of benzene rings is 1. The summed E-state index contributed by atoms with van der Waals surface area (Å²) in [5.41, 5.74) is 0.783. The Morgan fingerprint density at radius 1 is 1.16 bits per heavy atom. The summed E-state index contributed by atoms with van der Waals surface area (Å²) in [5.74, 6) is -1.88. The number of carboxylic acid groups (broad SMARTS) is 1. The number of alkyl halides is 3. The first-order valence-corrected chi connectivity index (χ1v) is 8.88. The minimum absolute atomic E-state index is 0.102. The fourth-order valence-corrected chi connectivity index (χ4v) is 2.26. The maximum Gasteiger partial charge on any atom is 0.490 e. The topological polar surface area (TPSA) is 109 Å². The van der Waals surface area contributed by atoms with Gasteiger partial charge in [-0.25, -0.2) is 9.78 Å². The highest BCUT2D eigenvalue weighted by atomic mass is 19.4. The van der Waals surface area contributed by atoms with Gasteiger partial charge in [-0.2, -0.15) is 13.2 Å². The average molecular weight is 437 g/mol. The number of pyridine rings is 1. The van der Waals surface area contributed by atoms with Crippen molar-refractivity contribution in [2.24, 2.45) is 0 Å². The van der Waals surface area contributed by atoms with Gasteiger partial charge in [0.05, 0.1) is 6.54 Å². The van der Waals surface area contributed by atoms with Gasteiger partial charge in [0.25, 0.3) is 0 Å². The number of carboxylic acids is 1. The first kappa shape index (κ1) is 23.4. The van der Waals surface area contributed by atoms with Crippen LogP contribution in [0.1, 0.15) is 5.56 Å². The van der Waals surface area contributed by atoms with Crippen LogP contribution in [-0.4, -0.2) is 58.6 Å². The number of ether oxygens (including phenoxy) is 1. The standard InChI is InChI=1S/C18H17N3O3.C2HF3O2/c22-16-13-21(11-10-19-16)18(23)9-7-14-6-8-17(20-12-14)24-15-4-2-1-3-5-15;3-2(4,5)1(6)7/h1-9,12H,10-11,13H2,(H,19,22);(H,6,7). The second-order valence-electron chi connectivity index (χ2n) is 6.09. The second-order valence-corrected chi connectivity index (χ2v) is 6.09. The molecule has 2 aromatic rings. The highest BCUT2D eigenvalue weighted by Crippen LogP contribution is 2.18. The normalized spacial score (nSPS) is 13.8. The quantitative estimate of drug-likeness (QED) is 0.712. The van der Waals surface area contributed by atoms with E-state index in [9.17, 15) is 22.8 Å². The molecular weight excluding hydrogens is 419 g/mol. The molecule has 1 aromatic heterocycles. The number of nitrogens with one attached hydrogen (secondary N) is 1. The molecule has 11 heteroatoms. The summed E-state index contributed by atoms with van der Waals surface area (Å²) in [5, 5.41) is 9.81. The Balaban J connectivity index is 0.000000423. The number of halogens is 3. The zero-order valence-corrected chi connectivity index (χ0v) is 16.0. The Morgan fingerprint density at radius 3 is 2.39 bits per heavy atom. The van der Waals surface area contributed by atoms with Crippen molar-refractivity contribution in [1.82, 2.24) is 15.2 Å². The van der Waals surface area contributed by atoms with Gasteiger partial charge in [0.1, 0.15) is 5.75 Å². The van der Waals surface area contributed by atoms with E-state index >= 15 is 0 Å². The van der Waals surface area contributed by atoms with Gasteiger partial charge in [-0.3, -0.25) is 9.59 Å². The molecular formula is C20H18F3N3O5. The zero-order chi connectivity index (χ0) is 22.9. The molecule has 1 aliphatic heterocycles. The van der Waals surface area contributed by atoms with Gasteiger partial charge in [0, 0.05) is 31.4 Å². The van der Waals surface area contributed by atoms with Crippen molar-refractivity contribution in [2.45, 2.75) is 6.18 Å². The molecule has 0 radical (unpaired) electrons. The number of aliphatic carboxylic acids is 1. The van der Waals surface area contributed by atoms with Crippen molar-refractivity contribution < 1.29 is 37.4 Å². The number of amides is 2. The number of para-hydroxylation sites is 1. The summed E-state index contributed by atoms with van der Waals surface area (Å²) in [6.07, 6.45) is -0.327. The van der Waals surface area contributed by atoms with Gasteiger partial charge in [0.15, 0.2) is 0 Å². The number of hydrogen-bond donors (Lipinski definition) is 2. The fourth-order valence-electron chi connectivity index (χ4n) is 2.26. The Kier molecular flexibility index (Phi) is 8.12. The number of rotatable bonds is 4. The van der Waals surface area contributed by atoms with Gasteiger partial charge in [0.2, 0.25) is 17.7 Å². The maximum absolute atomic E-state index is 12.0. The summed E-state index contributed by atoms with van der Waals surface area (Å²) in [6.45, 7) is 1.12. The van der Waals surface area contributed by atoms with E-state index in [1.165, 1.54) is 11.0 Å². The van der Waals surface area contributed by atoms with Crippen molar-refractivity contribution in [1.29, 1.82) is 0 Å². The molecule has 3 rings (SSSR count). The van der Waals surface area contributed by atoms with Crippen LogP contribution in [-0.2, 0) is 14.4 Å². The van der Waals surface area contributed by atoms with Crippen molar-refractivity contribution >= 4 is 23.9 Å². The van der Waals surface area contributed by atoms with E-state index < -0.39 is 12.1 Å². The number of carbonyl (C=O) groups excluding carboxylic acids is 2.